The largest absolute Gasteiger partial charge is 0.265 e. The third kappa shape index (κ3) is 1.21. The maximum Gasteiger partial charge on any atom is 0.0859 e. The molecular formula is C9H3Cl6N. The van der Waals surface area contributed by atoms with Crippen molar-refractivity contribution in [3.8, 4) is 0 Å². The Hall–Kier alpha value is 0.920. The second kappa shape index (κ2) is 3.71. The van der Waals surface area contributed by atoms with Gasteiger partial charge in [0.1, 0.15) is 0 Å². The van der Waals surface area contributed by atoms with Crippen molar-refractivity contribution >= 4 is 69.6 Å². The van der Waals surface area contributed by atoms with Crippen LogP contribution in [0.25, 0.3) is 0 Å². The molecule has 0 fully saturated rings. The van der Waals surface area contributed by atoms with Crippen molar-refractivity contribution in [1.29, 1.82) is 0 Å². The van der Waals surface area contributed by atoms with E-state index in [1.54, 1.807) is 0 Å². The quantitative estimate of drug-likeness (QED) is 0.629. The molecule has 3 heterocycles. The van der Waals surface area contributed by atoms with E-state index in [1.165, 1.54) is 0 Å². The highest BCUT2D eigenvalue weighted by molar-refractivity contribution is 6.49. The molecule has 86 valence electrons. The van der Waals surface area contributed by atoms with Crippen LogP contribution in [0.15, 0.2) is 30.2 Å². The fourth-order valence-electron chi connectivity index (χ4n) is 2.35. The van der Waals surface area contributed by atoms with Crippen molar-refractivity contribution < 1.29 is 0 Å². The third-order valence-corrected chi connectivity index (χ3v) is 5.77. The third-order valence-electron chi connectivity index (χ3n) is 3.02. The van der Waals surface area contributed by atoms with Crippen LogP contribution in [-0.2, 0) is 0 Å². The molecule has 16 heavy (non-hydrogen) atoms. The summed E-state index contributed by atoms with van der Waals surface area (Å²) < 4.78 is 0. The van der Waals surface area contributed by atoms with Gasteiger partial charge in [-0.3, -0.25) is 4.90 Å². The van der Waals surface area contributed by atoms with E-state index in [0.29, 0.717) is 30.2 Å². The molecule has 3 aliphatic heterocycles. The summed E-state index contributed by atoms with van der Waals surface area (Å²) in [6.45, 7) is 0. The van der Waals surface area contributed by atoms with E-state index in [9.17, 15) is 0 Å². The van der Waals surface area contributed by atoms with Gasteiger partial charge in [-0.25, -0.2) is 0 Å². The monoisotopic (exact) mass is 335 g/mol. The van der Waals surface area contributed by atoms with Crippen LogP contribution < -0.4 is 0 Å². The molecule has 0 aliphatic carbocycles. The van der Waals surface area contributed by atoms with E-state index in [4.69, 9.17) is 69.6 Å². The first kappa shape index (κ1) is 12.0. The molecule has 0 saturated carbocycles. The number of hydrogen-bond donors (Lipinski definition) is 0. The molecule has 1 nitrogen and oxygen atoms in total. The number of rotatable bonds is 0. The molecule has 0 bridgehead atoms. The van der Waals surface area contributed by atoms with Crippen molar-refractivity contribution in [2.45, 2.75) is 18.1 Å². The molecule has 0 aromatic heterocycles. The summed E-state index contributed by atoms with van der Waals surface area (Å²) in [5.74, 6) is 0. The van der Waals surface area contributed by atoms with Crippen LogP contribution in [0.1, 0.15) is 0 Å². The Morgan fingerprint density at radius 3 is 0.875 bits per heavy atom. The van der Waals surface area contributed by atoms with Gasteiger partial charge in [-0.15, -0.1) is 0 Å². The highest BCUT2D eigenvalue weighted by atomic mass is 35.5. The van der Waals surface area contributed by atoms with Crippen LogP contribution in [0.2, 0.25) is 0 Å². The Morgan fingerprint density at radius 1 is 0.500 bits per heavy atom. The number of hydrogen-bond acceptors (Lipinski definition) is 1. The highest BCUT2D eigenvalue weighted by Gasteiger charge is 2.57. The predicted octanol–water partition coefficient (Wildman–Crippen LogP) is 4.50. The topological polar surface area (TPSA) is 3.24 Å². The van der Waals surface area contributed by atoms with Crippen molar-refractivity contribution in [3.05, 3.63) is 30.2 Å². The Kier molecular flexibility index (Phi) is 2.78. The van der Waals surface area contributed by atoms with E-state index in [1.807, 2.05) is 4.90 Å². The van der Waals surface area contributed by atoms with Crippen LogP contribution in [0, 0.1) is 0 Å². The van der Waals surface area contributed by atoms with Crippen LogP contribution >= 0.6 is 69.6 Å². The smallest absolute Gasteiger partial charge is 0.0859 e. The Bertz CT molecular complexity index is 383. The average Bonchev–Trinajstić information content (AvgIpc) is 2.73. The van der Waals surface area contributed by atoms with Gasteiger partial charge in [0, 0.05) is 0 Å². The van der Waals surface area contributed by atoms with Crippen molar-refractivity contribution in [2.75, 3.05) is 0 Å². The first-order valence-corrected chi connectivity index (χ1v) is 6.66. The highest BCUT2D eigenvalue weighted by Crippen LogP contribution is 2.57. The molecule has 0 aromatic carbocycles. The first-order valence-electron chi connectivity index (χ1n) is 4.39. The normalized spacial score (nSPS) is 38.2. The minimum atomic E-state index is -0.302. The van der Waals surface area contributed by atoms with Gasteiger partial charge in [0.05, 0.1) is 48.3 Å². The van der Waals surface area contributed by atoms with Crippen molar-refractivity contribution in [3.63, 3.8) is 0 Å². The van der Waals surface area contributed by atoms with Crippen molar-refractivity contribution in [2.24, 2.45) is 0 Å². The molecular weight excluding hydrogens is 335 g/mol. The number of nitrogens with zero attached hydrogens (tertiary/aromatic N) is 1. The van der Waals surface area contributed by atoms with Gasteiger partial charge >= 0.3 is 0 Å². The van der Waals surface area contributed by atoms with E-state index >= 15 is 0 Å². The van der Waals surface area contributed by atoms with Gasteiger partial charge in [-0.05, 0) is 0 Å². The molecule has 0 spiro atoms. The van der Waals surface area contributed by atoms with Gasteiger partial charge in [-0.2, -0.15) is 0 Å². The summed E-state index contributed by atoms with van der Waals surface area (Å²) in [4.78, 5) is 1.93. The average molecular weight is 338 g/mol. The van der Waals surface area contributed by atoms with Gasteiger partial charge in [-0.1, -0.05) is 69.6 Å². The standard InChI is InChI=1S/C9H3Cl6N/c10-1-2(11)8-5(14)6(15)9-4(13)3(12)7(1)16(8)9/h7-9H. The SMILES string of the molecule is ClC1=C(Cl)C2C(Cl)=C(Cl)C3C(Cl)=C(Cl)C1N23. The van der Waals surface area contributed by atoms with Crippen LogP contribution in [0.3, 0.4) is 0 Å². The van der Waals surface area contributed by atoms with Crippen LogP contribution in [0.5, 0.6) is 0 Å². The van der Waals surface area contributed by atoms with Crippen LogP contribution in [0.4, 0.5) is 0 Å². The zero-order valence-corrected chi connectivity index (χ0v) is 12.0. The Morgan fingerprint density at radius 2 is 0.688 bits per heavy atom. The molecule has 0 N–H and O–H groups in total. The lowest BCUT2D eigenvalue weighted by Crippen LogP contribution is -2.36. The fraction of sp³-hybridized carbons (Fsp3) is 0.333. The second-order valence-corrected chi connectivity index (χ2v) is 6.19. The van der Waals surface area contributed by atoms with Gasteiger partial charge in [0.2, 0.25) is 0 Å². The maximum atomic E-state index is 6.14. The minimum absolute atomic E-state index is 0.302. The molecule has 3 rings (SSSR count). The molecule has 0 saturated heterocycles. The van der Waals surface area contributed by atoms with Gasteiger partial charge in [0.15, 0.2) is 0 Å². The van der Waals surface area contributed by atoms with E-state index < -0.39 is 0 Å². The van der Waals surface area contributed by atoms with E-state index in [2.05, 4.69) is 0 Å². The Balaban J connectivity index is 2.26. The molecule has 0 atom stereocenters. The summed E-state index contributed by atoms with van der Waals surface area (Å²) in [7, 11) is 0. The summed E-state index contributed by atoms with van der Waals surface area (Å²) in [6.07, 6.45) is 0. The van der Waals surface area contributed by atoms with E-state index in [0.717, 1.165) is 0 Å². The van der Waals surface area contributed by atoms with Gasteiger partial charge in [0.25, 0.3) is 0 Å². The summed E-state index contributed by atoms with van der Waals surface area (Å²) in [5, 5.41) is 2.83. The molecule has 0 amide bonds. The second-order valence-electron chi connectivity index (χ2n) is 3.74. The zero-order chi connectivity index (χ0) is 11.8. The summed E-state index contributed by atoms with van der Waals surface area (Å²) >= 11 is 36.8. The zero-order valence-electron chi connectivity index (χ0n) is 7.45. The summed E-state index contributed by atoms with van der Waals surface area (Å²) in [5.41, 5.74) is 0. The van der Waals surface area contributed by atoms with Crippen molar-refractivity contribution in [1.82, 2.24) is 4.90 Å². The maximum absolute atomic E-state index is 6.14. The predicted molar refractivity (Wildman–Crippen MR) is 69.4 cm³/mol. The fourth-order valence-corrected chi connectivity index (χ4v) is 4.47. The first-order chi connectivity index (χ1) is 7.46. The minimum Gasteiger partial charge on any atom is -0.265 e. The number of halogens is 6. The molecule has 0 radical (unpaired) electrons. The molecule has 0 aromatic rings. The van der Waals surface area contributed by atoms with Crippen LogP contribution in [-0.4, -0.2) is 23.0 Å². The summed E-state index contributed by atoms with van der Waals surface area (Å²) in [6, 6.07) is -0.907. The molecule has 7 heteroatoms. The Labute approximate surface area is 122 Å². The molecule has 3 aliphatic rings. The van der Waals surface area contributed by atoms with E-state index in [-0.39, 0.29) is 18.1 Å². The lowest BCUT2D eigenvalue weighted by molar-refractivity contribution is 0.279. The lowest BCUT2D eigenvalue weighted by Gasteiger charge is -2.23. The molecule has 0 unspecified atom stereocenters. The van der Waals surface area contributed by atoms with Gasteiger partial charge < -0.3 is 0 Å². The lowest BCUT2D eigenvalue weighted by atomic mass is 10.3.